The normalized spacial score (nSPS) is 10.8. The van der Waals surface area contributed by atoms with Gasteiger partial charge in [-0.3, -0.25) is 4.79 Å². The van der Waals surface area contributed by atoms with E-state index in [2.05, 4.69) is 15.3 Å². The van der Waals surface area contributed by atoms with E-state index in [0.717, 1.165) is 4.83 Å². The Labute approximate surface area is 78.6 Å². The molecule has 4 nitrogen and oxygen atoms in total. The minimum atomic E-state index is -0.0588. The van der Waals surface area contributed by atoms with E-state index in [1.807, 2.05) is 12.4 Å². The van der Waals surface area contributed by atoms with E-state index < -0.39 is 0 Å². The maximum Gasteiger partial charge on any atom is 0.259 e. The molecular weight excluding hydrogens is 186 g/mol. The standard InChI is InChI=1S/C8H9N3OS/c1-9-4-6-10-7(12)5-2-3-13-8(5)11-6/h2-3,9H,4H2,1H3,(H,10,11,12). The summed E-state index contributed by atoms with van der Waals surface area (Å²) in [7, 11) is 1.82. The van der Waals surface area contributed by atoms with E-state index in [1.54, 1.807) is 6.07 Å². The minimum Gasteiger partial charge on any atom is -0.313 e. The van der Waals surface area contributed by atoms with Crippen molar-refractivity contribution in [2.45, 2.75) is 6.54 Å². The molecule has 0 bridgehead atoms. The average Bonchev–Trinajstić information content (AvgIpc) is 2.53. The molecule has 68 valence electrons. The van der Waals surface area contributed by atoms with Crippen LogP contribution in [0.1, 0.15) is 5.82 Å². The maximum absolute atomic E-state index is 11.4. The van der Waals surface area contributed by atoms with Crippen LogP contribution in [-0.4, -0.2) is 17.0 Å². The number of hydrogen-bond donors (Lipinski definition) is 2. The maximum atomic E-state index is 11.4. The Morgan fingerprint density at radius 2 is 2.54 bits per heavy atom. The van der Waals surface area contributed by atoms with Gasteiger partial charge < -0.3 is 10.3 Å². The summed E-state index contributed by atoms with van der Waals surface area (Å²) in [6.07, 6.45) is 0. The lowest BCUT2D eigenvalue weighted by atomic mass is 10.4. The molecule has 2 aromatic rings. The quantitative estimate of drug-likeness (QED) is 0.741. The number of fused-ring (bicyclic) bond motifs is 1. The van der Waals surface area contributed by atoms with E-state index in [4.69, 9.17) is 0 Å². The van der Waals surface area contributed by atoms with Crippen LogP contribution >= 0.6 is 11.3 Å². The van der Waals surface area contributed by atoms with Crippen LogP contribution in [0.4, 0.5) is 0 Å². The van der Waals surface area contributed by atoms with Crippen molar-refractivity contribution >= 4 is 21.6 Å². The van der Waals surface area contributed by atoms with Gasteiger partial charge in [-0.1, -0.05) is 0 Å². The molecule has 0 aliphatic carbocycles. The summed E-state index contributed by atoms with van der Waals surface area (Å²) in [6, 6.07) is 1.79. The van der Waals surface area contributed by atoms with Crippen molar-refractivity contribution in [1.82, 2.24) is 15.3 Å². The third kappa shape index (κ3) is 1.48. The largest absolute Gasteiger partial charge is 0.313 e. The molecule has 5 heteroatoms. The van der Waals surface area contributed by atoms with Gasteiger partial charge in [0, 0.05) is 0 Å². The smallest absolute Gasteiger partial charge is 0.259 e. The second-order valence-corrected chi connectivity index (χ2v) is 3.58. The number of H-pyrrole nitrogens is 1. The van der Waals surface area contributed by atoms with Crippen molar-refractivity contribution in [3.05, 3.63) is 27.6 Å². The molecule has 0 aliphatic heterocycles. The molecule has 0 aromatic carbocycles. The first-order valence-electron chi connectivity index (χ1n) is 3.92. The number of rotatable bonds is 2. The zero-order valence-corrected chi connectivity index (χ0v) is 7.94. The third-order valence-electron chi connectivity index (χ3n) is 1.73. The van der Waals surface area contributed by atoms with Crippen LogP contribution in [-0.2, 0) is 6.54 Å². The summed E-state index contributed by atoms with van der Waals surface area (Å²) in [5, 5.41) is 5.48. The monoisotopic (exact) mass is 195 g/mol. The topological polar surface area (TPSA) is 57.8 Å². The van der Waals surface area contributed by atoms with Crippen molar-refractivity contribution in [2.75, 3.05) is 7.05 Å². The summed E-state index contributed by atoms with van der Waals surface area (Å²) >= 11 is 1.48. The van der Waals surface area contributed by atoms with E-state index in [0.29, 0.717) is 17.8 Å². The summed E-state index contributed by atoms with van der Waals surface area (Å²) < 4.78 is 0. The molecule has 13 heavy (non-hydrogen) atoms. The Hall–Kier alpha value is -1.20. The SMILES string of the molecule is CNCc1nc2sccc2c(=O)[nH]1. The fourth-order valence-corrected chi connectivity index (χ4v) is 1.94. The Balaban J connectivity index is 2.63. The predicted octanol–water partition coefficient (Wildman–Crippen LogP) is 0.704. The van der Waals surface area contributed by atoms with Gasteiger partial charge in [0.25, 0.3) is 5.56 Å². The average molecular weight is 195 g/mol. The second-order valence-electron chi connectivity index (χ2n) is 2.68. The van der Waals surface area contributed by atoms with Crippen LogP contribution in [0.25, 0.3) is 10.2 Å². The summed E-state index contributed by atoms with van der Waals surface area (Å²) in [5.41, 5.74) is -0.0588. The van der Waals surface area contributed by atoms with Crippen molar-refractivity contribution < 1.29 is 0 Å². The molecule has 0 radical (unpaired) electrons. The molecule has 2 N–H and O–H groups in total. The van der Waals surface area contributed by atoms with Crippen LogP contribution in [0, 0.1) is 0 Å². The molecular formula is C8H9N3OS. The third-order valence-corrected chi connectivity index (χ3v) is 2.53. The fraction of sp³-hybridized carbons (Fsp3) is 0.250. The van der Waals surface area contributed by atoms with Crippen LogP contribution in [0.2, 0.25) is 0 Å². The first-order valence-corrected chi connectivity index (χ1v) is 4.80. The van der Waals surface area contributed by atoms with Crippen LogP contribution < -0.4 is 10.9 Å². The van der Waals surface area contributed by atoms with Crippen LogP contribution in [0.15, 0.2) is 16.2 Å². The molecule has 2 heterocycles. The van der Waals surface area contributed by atoms with Gasteiger partial charge in [-0.25, -0.2) is 4.98 Å². The fourth-order valence-electron chi connectivity index (χ4n) is 1.16. The molecule has 0 amide bonds. The van der Waals surface area contributed by atoms with Gasteiger partial charge in [0.1, 0.15) is 10.7 Å². The number of hydrogen-bond acceptors (Lipinski definition) is 4. The number of aromatic nitrogens is 2. The highest BCUT2D eigenvalue weighted by Crippen LogP contribution is 2.13. The first-order chi connectivity index (χ1) is 6.31. The van der Waals surface area contributed by atoms with Gasteiger partial charge in [-0.2, -0.15) is 0 Å². The predicted molar refractivity (Wildman–Crippen MR) is 53.0 cm³/mol. The van der Waals surface area contributed by atoms with Gasteiger partial charge in [0.2, 0.25) is 0 Å². The Kier molecular flexibility index (Phi) is 2.12. The van der Waals surface area contributed by atoms with Gasteiger partial charge >= 0.3 is 0 Å². The number of aromatic amines is 1. The zero-order valence-electron chi connectivity index (χ0n) is 7.13. The molecule has 0 unspecified atom stereocenters. The Morgan fingerprint density at radius 3 is 3.31 bits per heavy atom. The molecule has 0 fully saturated rings. The number of thiophene rings is 1. The van der Waals surface area contributed by atoms with E-state index >= 15 is 0 Å². The van der Waals surface area contributed by atoms with E-state index in [9.17, 15) is 4.79 Å². The summed E-state index contributed by atoms with van der Waals surface area (Å²) in [4.78, 5) is 19.2. The van der Waals surface area contributed by atoms with Gasteiger partial charge in [-0.05, 0) is 18.5 Å². The van der Waals surface area contributed by atoms with Crippen molar-refractivity contribution in [1.29, 1.82) is 0 Å². The minimum absolute atomic E-state index is 0.0588. The highest BCUT2D eigenvalue weighted by Gasteiger charge is 2.03. The number of nitrogens with zero attached hydrogens (tertiary/aromatic N) is 1. The Morgan fingerprint density at radius 1 is 1.69 bits per heavy atom. The lowest BCUT2D eigenvalue weighted by Gasteiger charge is -1.97. The highest BCUT2D eigenvalue weighted by molar-refractivity contribution is 7.16. The van der Waals surface area contributed by atoms with Crippen molar-refractivity contribution in [3.63, 3.8) is 0 Å². The molecule has 0 aliphatic rings. The molecule has 0 spiro atoms. The molecule has 0 saturated heterocycles. The summed E-state index contributed by atoms with van der Waals surface area (Å²) in [6.45, 7) is 0.586. The molecule has 2 rings (SSSR count). The van der Waals surface area contributed by atoms with Crippen LogP contribution in [0.5, 0.6) is 0 Å². The summed E-state index contributed by atoms with van der Waals surface area (Å²) in [5.74, 6) is 0.683. The second kappa shape index (κ2) is 3.27. The van der Waals surface area contributed by atoms with Crippen LogP contribution in [0.3, 0.4) is 0 Å². The van der Waals surface area contributed by atoms with Crippen molar-refractivity contribution in [3.8, 4) is 0 Å². The van der Waals surface area contributed by atoms with Crippen molar-refractivity contribution in [2.24, 2.45) is 0 Å². The molecule has 0 saturated carbocycles. The molecule has 0 atom stereocenters. The van der Waals surface area contributed by atoms with Gasteiger partial charge in [0.05, 0.1) is 11.9 Å². The lowest BCUT2D eigenvalue weighted by Crippen LogP contribution is -2.15. The Bertz CT molecular complexity index is 473. The van der Waals surface area contributed by atoms with Gasteiger partial charge in [0.15, 0.2) is 0 Å². The van der Waals surface area contributed by atoms with Gasteiger partial charge in [-0.15, -0.1) is 11.3 Å². The number of nitrogens with one attached hydrogen (secondary N) is 2. The lowest BCUT2D eigenvalue weighted by molar-refractivity contribution is 0.761. The van der Waals surface area contributed by atoms with E-state index in [-0.39, 0.29) is 5.56 Å². The van der Waals surface area contributed by atoms with E-state index in [1.165, 1.54) is 11.3 Å². The first kappa shape index (κ1) is 8.40. The highest BCUT2D eigenvalue weighted by atomic mass is 32.1. The zero-order chi connectivity index (χ0) is 9.26. The molecule has 2 aromatic heterocycles.